The molecule has 10 nitrogen and oxygen atoms in total. The van der Waals surface area contributed by atoms with Gasteiger partial charge in [-0.25, -0.2) is 4.98 Å². The van der Waals surface area contributed by atoms with E-state index in [0.29, 0.717) is 17.3 Å². The van der Waals surface area contributed by atoms with Gasteiger partial charge in [-0.05, 0) is 42.0 Å². The van der Waals surface area contributed by atoms with Gasteiger partial charge in [0.1, 0.15) is 12.5 Å². The van der Waals surface area contributed by atoms with E-state index in [2.05, 4.69) is 20.2 Å². The van der Waals surface area contributed by atoms with Gasteiger partial charge >= 0.3 is 0 Å². The molecule has 0 bridgehead atoms. The molecule has 1 aliphatic rings. The summed E-state index contributed by atoms with van der Waals surface area (Å²) in [5.41, 5.74) is 20.6. The van der Waals surface area contributed by atoms with E-state index in [0.717, 1.165) is 56.2 Å². The van der Waals surface area contributed by atoms with Crippen molar-refractivity contribution in [1.82, 2.24) is 9.88 Å². The van der Waals surface area contributed by atoms with Crippen LogP contribution in [0.1, 0.15) is 0 Å². The van der Waals surface area contributed by atoms with Gasteiger partial charge in [-0.3, -0.25) is 4.90 Å². The molecule has 2 heterocycles. The molecule has 0 aliphatic carbocycles. The number of nitrogens with one attached hydrogen (secondary N) is 1. The Balaban J connectivity index is 0.000000347. The first-order valence-electron chi connectivity index (χ1n) is 11.4. The summed E-state index contributed by atoms with van der Waals surface area (Å²) in [5.74, 6) is 1.42. The van der Waals surface area contributed by atoms with Crippen LogP contribution in [0.4, 0.5) is 17.2 Å². The number of nitrogen functional groups attached to an aromatic ring is 1. The molecule has 0 atom stereocenters. The Morgan fingerprint density at radius 2 is 1.86 bits per heavy atom. The molecule has 1 fully saturated rings. The molecule has 36 heavy (non-hydrogen) atoms. The molecule has 0 amide bonds. The fourth-order valence-corrected chi connectivity index (χ4v) is 3.39. The van der Waals surface area contributed by atoms with Crippen molar-refractivity contribution in [3.63, 3.8) is 0 Å². The van der Waals surface area contributed by atoms with Crippen LogP contribution in [0.25, 0.3) is 11.1 Å². The van der Waals surface area contributed by atoms with Gasteiger partial charge in [-0.15, -0.1) is 0 Å². The average molecular weight is 494 g/mol. The highest BCUT2D eigenvalue weighted by Crippen LogP contribution is 2.24. The summed E-state index contributed by atoms with van der Waals surface area (Å²) in [4.78, 5) is 18.9. The molecule has 1 aromatic heterocycles. The van der Waals surface area contributed by atoms with Crippen LogP contribution in [0.15, 0.2) is 71.9 Å². The van der Waals surface area contributed by atoms with Crippen LogP contribution in [0.5, 0.6) is 5.75 Å². The van der Waals surface area contributed by atoms with Crippen LogP contribution in [-0.2, 0) is 9.53 Å². The topological polar surface area (TPSA) is 154 Å². The molecule has 0 radical (unpaired) electrons. The molecule has 2 aromatic carbocycles. The maximum Gasteiger partial charge on any atom is 0.199 e. The van der Waals surface area contributed by atoms with Crippen LogP contribution in [-0.4, -0.2) is 69.1 Å². The van der Waals surface area contributed by atoms with Gasteiger partial charge in [0, 0.05) is 43.6 Å². The predicted molar refractivity (Wildman–Crippen MR) is 145 cm³/mol. The number of benzene rings is 2. The largest absolute Gasteiger partial charge is 0.495 e. The number of anilines is 2. The summed E-state index contributed by atoms with van der Waals surface area (Å²) >= 11 is 0. The van der Waals surface area contributed by atoms with Gasteiger partial charge in [0.25, 0.3) is 0 Å². The van der Waals surface area contributed by atoms with Crippen molar-refractivity contribution >= 4 is 29.9 Å². The molecule has 0 saturated carbocycles. The molecule has 0 unspecified atom stereocenters. The second-order valence-corrected chi connectivity index (χ2v) is 7.60. The molecule has 3 aromatic rings. The highest BCUT2D eigenvalue weighted by atomic mass is 16.5. The number of carbonyl (C=O) groups is 1. The first-order valence-corrected chi connectivity index (χ1v) is 11.4. The maximum absolute atomic E-state index is 8.00. The van der Waals surface area contributed by atoms with Crippen LogP contribution in [0.2, 0.25) is 0 Å². The summed E-state index contributed by atoms with van der Waals surface area (Å²) in [6.45, 7) is 7.64. The Hall–Kier alpha value is -3.99. The van der Waals surface area contributed by atoms with Gasteiger partial charge in [-0.1, -0.05) is 24.3 Å². The predicted octanol–water partition coefficient (Wildman–Crippen LogP) is 2.49. The van der Waals surface area contributed by atoms with E-state index in [1.165, 1.54) is 0 Å². The lowest BCUT2D eigenvalue weighted by Gasteiger charge is -2.25. The smallest absolute Gasteiger partial charge is 0.199 e. The molecule has 7 N–H and O–H groups in total. The number of hydrogen-bond donors (Lipinski definition) is 4. The third-order valence-electron chi connectivity index (χ3n) is 5.12. The Morgan fingerprint density at radius 3 is 2.50 bits per heavy atom. The number of ether oxygens (including phenoxy) is 2. The normalized spacial score (nSPS) is 13.4. The number of methoxy groups -OCH3 is 1. The number of nitrogens with zero attached hydrogens (tertiary/aromatic N) is 3. The van der Waals surface area contributed by atoms with Gasteiger partial charge in [0.15, 0.2) is 11.8 Å². The lowest BCUT2D eigenvalue weighted by atomic mass is 10.1. The van der Waals surface area contributed by atoms with Gasteiger partial charge in [0.2, 0.25) is 0 Å². The highest BCUT2D eigenvalue weighted by molar-refractivity contribution is 5.95. The Bertz CT molecular complexity index is 1070. The number of guanidine groups is 1. The van der Waals surface area contributed by atoms with E-state index >= 15 is 0 Å². The summed E-state index contributed by atoms with van der Waals surface area (Å²) in [6, 6.07) is 18.8. The van der Waals surface area contributed by atoms with E-state index in [1.807, 2.05) is 61.4 Å². The molecule has 10 heteroatoms. The standard InChI is InChI=1S/C19H19N5O.C6H14N2O.CH2O/c1-25-17-8-3-2-7-16(17)23-19(21)24-18-10-9-14(12-22-18)13-5-4-6-15(20)11-13;7-1-2-8-3-5-9-6-4-8;1-2/h2-12H,20H2,1H3,(H3,21,22,23,24);1-7H2;1H2. The Labute approximate surface area is 212 Å². The van der Waals surface area contributed by atoms with E-state index in [9.17, 15) is 0 Å². The van der Waals surface area contributed by atoms with E-state index < -0.39 is 0 Å². The average Bonchev–Trinajstić information content (AvgIpc) is 2.92. The van der Waals surface area contributed by atoms with Crippen LogP contribution in [0.3, 0.4) is 0 Å². The number of hydrogen-bond acceptors (Lipinski definition) is 8. The summed E-state index contributed by atoms with van der Waals surface area (Å²) < 4.78 is 10.4. The van der Waals surface area contributed by atoms with Crippen molar-refractivity contribution in [3.8, 4) is 16.9 Å². The molecule has 1 saturated heterocycles. The quantitative estimate of drug-likeness (QED) is 0.230. The van der Waals surface area contributed by atoms with Crippen molar-refractivity contribution in [1.29, 1.82) is 0 Å². The second-order valence-electron chi connectivity index (χ2n) is 7.60. The summed E-state index contributed by atoms with van der Waals surface area (Å²) in [6.07, 6.45) is 1.74. The lowest BCUT2D eigenvalue weighted by molar-refractivity contribution is -0.0979. The number of morpholine rings is 1. The fraction of sp³-hybridized carbons (Fsp3) is 0.269. The minimum absolute atomic E-state index is 0.230. The third-order valence-corrected chi connectivity index (χ3v) is 5.12. The maximum atomic E-state index is 8.00. The van der Waals surface area contributed by atoms with Crippen molar-refractivity contribution in [2.24, 2.45) is 16.5 Å². The van der Waals surface area contributed by atoms with Crippen LogP contribution < -0.4 is 27.3 Å². The van der Waals surface area contributed by atoms with E-state index in [1.54, 1.807) is 19.4 Å². The molecule has 192 valence electrons. The van der Waals surface area contributed by atoms with Crippen LogP contribution in [0, 0.1) is 0 Å². The molecular formula is C26H35N7O3. The second kappa shape index (κ2) is 15.8. The van der Waals surface area contributed by atoms with Gasteiger partial charge in [0.05, 0.1) is 26.0 Å². The number of para-hydroxylation sites is 2. The number of aromatic nitrogens is 1. The highest BCUT2D eigenvalue weighted by Gasteiger charge is 2.07. The first kappa shape index (κ1) is 28.2. The molecule has 4 rings (SSSR count). The van der Waals surface area contributed by atoms with Crippen molar-refractivity contribution < 1.29 is 14.3 Å². The summed E-state index contributed by atoms with van der Waals surface area (Å²) in [5, 5.41) is 3.01. The first-order chi connectivity index (χ1) is 17.6. The van der Waals surface area contributed by atoms with E-state index in [-0.39, 0.29) is 5.96 Å². The molecular weight excluding hydrogens is 458 g/mol. The molecule has 1 aliphatic heterocycles. The zero-order chi connectivity index (χ0) is 26.2. The number of aliphatic imine (C=N–C) groups is 1. The summed E-state index contributed by atoms with van der Waals surface area (Å²) in [7, 11) is 1.60. The van der Waals surface area contributed by atoms with Gasteiger partial charge < -0.3 is 36.8 Å². The van der Waals surface area contributed by atoms with Crippen molar-refractivity contribution in [2.75, 3.05) is 57.6 Å². The number of carbonyl (C=O) groups excluding carboxylic acids is 1. The number of pyridine rings is 1. The minimum atomic E-state index is 0.230. The minimum Gasteiger partial charge on any atom is -0.495 e. The lowest BCUT2D eigenvalue weighted by Crippen LogP contribution is -2.39. The van der Waals surface area contributed by atoms with Crippen molar-refractivity contribution in [3.05, 3.63) is 66.9 Å². The zero-order valence-electron chi connectivity index (χ0n) is 20.6. The van der Waals surface area contributed by atoms with Crippen molar-refractivity contribution in [2.45, 2.75) is 0 Å². The Kier molecular flexibility index (Phi) is 12.4. The molecule has 0 spiro atoms. The Morgan fingerprint density at radius 1 is 1.11 bits per heavy atom. The zero-order valence-corrected chi connectivity index (χ0v) is 20.6. The third kappa shape index (κ3) is 9.34. The number of rotatable bonds is 6. The van der Waals surface area contributed by atoms with Gasteiger partial charge in [-0.2, -0.15) is 4.99 Å². The monoisotopic (exact) mass is 493 g/mol. The van der Waals surface area contributed by atoms with E-state index in [4.69, 9.17) is 31.5 Å². The fourth-order valence-electron chi connectivity index (χ4n) is 3.39. The SMILES string of the molecule is C=O.COc1ccccc1NC(N)=Nc1ccc(-c2cccc(N)c2)cn1.NCCN1CCOCC1. The number of nitrogens with two attached hydrogens (primary N) is 3. The van der Waals surface area contributed by atoms with Crippen LogP contribution >= 0.6 is 0 Å².